The Kier molecular flexibility index (Phi) is 4.98. The molecule has 1 heterocycles. The molecule has 0 spiro atoms. The fraction of sp³-hybridized carbons (Fsp3) is 0.105. The average Bonchev–Trinajstić information content (AvgIpc) is 2.65. The fourth-order valence-corrected chi connectivity index (χ4v) is 2.68. The van der Waals surface area contributed by atoms with Crippen LogP contribution in [0.2, 0.25) is 0 Å². The van der Waals surface area contributed by atoms with Gasteiger partial charge >= 0.3 is 0 Å². The van der Waals surface area contributed by atoms with Crippen molar-refractivity contribution in [2.45, 2.75) is 6.42 Å². The second-order valence-corrected chi connectivity index (χ2v) is 5.64. The number of hydrogen-bond donors (Lipinski definition) is 2. The van der Waals surface area contributed by atoms with Crippen LogP contribution in [0.3, 0.4) is 0 Å². The summed E-state index contributed by atoms with van der Waals surface area (Å²) in [6.07, 6.45) is 2.21. The van der Waals surface area contributed by atoms with E-state index >= 15 is 0 Å². The van der Waals surface area contributed by atoms with Crippen LogP contribution in [0.25, 0.3) is 0 Å². The lowest BCUT2D eigenvalue weighted by Crippen LogP contribution is -2.21. The van der Waals surface area contributed by atoms with Crippen molar-refractivity contribution in [2.24, 2.45) is 0 Å². The molecule has 3 rings (SSSR count). The van der Waals surface area contributed by atoms with Gasteiger partial charge in [0.25, 0.3) is 5.69 Å². The molecule has 0 radical (unpaired) electrons. The normalized spacial score (nSPS) is 10.5. The largest absolute Gasteiger partial charge is 0.506 e. The Labute approximate surface area is 149 Å². The number of anilines is 2. The molecule has 0 aliphatic heterocycles. The smallest absolute Gasteiger partial charge is 0.271 e. The Hall–Kier alpha value is -3.61. The predicted octanol–water partition coefficient (Wildman–Crippen LogP) is 3.78. The zero-order valence-electron chi connectivity index (χ0n) is 13.8. The molecule has 1 aromatic heterocycles. The van der Waals surface area contributed by atoms with Crippen molar-refractivity contribution in [3.63, 3.8) is 0 Å². The van der Waals surface area contributed by atoms with Crippen molar-refractivity contribution in [2.75, 3.05) is 11.4 Å². The van der Waals surface area contributed by atoms with E-state index in [0.29, 0.717) is 18.7 Å². The third-order valence-electron chi connectivity index (χ3n) is 3.95. The molecule has 2 aromatic carbocycles. The molecule has 0 aliphatic carbocycles. The van der Waals surface area contributed by atoms with E-state index in [2.05, 4.69) is 4.98 Å². The van der Waals surface area contributed by atoms with Crippen molar-refractivity contribution < 1.29 is 15.1 Å². The third kappa shape index (κ3) is 3.72. The number of pyridine rings is 1. The summed E-state index contributed by atoms with van der Waals surface area (Å²) in [5.74, 6) is -0.0979. The zero-order chi connectivity index (χ0) is 18.5. The van der Waals surface area contributed by atoms with Crippen LogP contribution in [0.5, 0.6) is 11.5 Å². The highest BCUT2D eigenvalue weighted by Gasteiger charge is 2.20. The highest BCUT2D eigenvalue weighted by atomic mass is 16.6. The Bertz CT molecular complexity index is 916. The lowest BCUT2D eigenvalue weighted by Gasteiger charge is -2.26. The maximum Gasteiger partial charge on any atom is 0.271 e. The molecule has 7 heteroatoms. The molecule has 0 fully saturated rings. The Balaban J connectivity index is 2.02. The molecule has 3 aromatic rings. The molecule has 132 valence electrons. The van der Waals surface area contributed by atoms with Gasteiger partial charge in [0.05, 0.1) is 16.3 Å². The lowest BCUT2D eigenvalue weighted by molar-refractivity contribution is -0.384. The van der Waals surface area contributed by atoms with Crippen LogP contribution in [0.1, 0.15) is 5.69 Å². The van der Waals surface area contributed by atoms with Gasteiger partial charge < -0.3 is 15.1 Å². The number of hydrogen-bond acceptors (Lipinski definition) is 6. The van der Waals surface area contributed by atoms with Crippen LogP contribution in [-0.4, -0.2) is 26.7 Å². The molecule has 0 amide bonds. The van der Waals surface area contributed by atoms with E-state index in [1.54, 1.807) is 29.3 Å². The first kappa shape index (κ1) is 17.2. The van der Waals surface area contributed by atoms with Crippen molar-refractivity contribution in [1.82, 2.24) is 4.98 Å². The van der Waals surface area contributed by atoms with Crippen LogP contribution >= 0.6 is 0 Å². The van der Waals surface area contributed by atoms with E-state index in [-0.39, 0.29) is 22.9 Å². The Morgan fingerprint density at radius 1 is 0.962 bits per heavy atom. The van der Waals surface area contributed by atoms with Crippen molar-refractivity contribution in [3.05, 3.63) is 82.7 Å². The summed E-state index contributed by atoms with van der Waals surface area (Å²) in [7, 11) is 0. The lowest BCUT2D eigenvalue weighted by atomic mass is 10.1. The van der Waals surface area contributed by atoms with E-state index < -0.39 is 4.92 Å². The molecule has 0 bridgehead atoms. The van der Waals surface area contributed by atoms with Crippen LogP contribution in [0, 0.1) is 10.1 Å². The number of nitro groups is 1. The SMILES string of the molecule is O=[N+]([O-])c1ccc(O)c(N(CCc2ccccn2)c2ccccc2O)c1. The minimum absolute atomic E-state index is 0.0134. The summed E-state index contributed by atoms with van der Waals surface area (Å²) < 4.78 is 0. The predicted molar refractivity (Wildman–Crippen MR) is 97.8 cm³/mol. The minimum atomic E-state index is -0.523. The number of benzene rings is 2. The van der Waals surface area contributed by atoms with E-state index in [0.717, 1.165) is 5.69 Å². The molecule has 26 heavy (non-hydrogen) atoms. The van der Waals surface area contributed by atoms with E-state index in [4.69, 9.17) is 0 Å². The molecule has 2 N–H and O–H groups in total. The van der Waals surface area contributed by atoms with Gasteiger partial charge in [-0.05, 0) is 30.3 Å². The third-order valence-corrected chi connectivity index (χ3v) is 3.95. The molecule has 0 unspecified atom stereocenters. The number of non-ortho nitro benzene ring substituents is 1. The molecule has 7 nitrogen and oxygen atoms in total. The maximum absolute atomic E-state index is 11.1. The van der Waals surface area contributed by atoms with Crippen LogP contribution in [0.15, 0.2) is 66.9 Å². The van der Waals surface area contributed by atoms with Crippen molar-refractivity contribution in [3.8, 4) is 11.5 Å². The van der Waals surface area contributed by atoms with Crippen LogP contribution < -0.4 is 4.90 Å². The number of phenolic OH excluding ortho intramolecular Hbond substituents is 2. The summed E-state index contributed by atoms with van der Waals surface area (Å²) in [4.78, 5) is 16.5. The topological polar surface area (TPSA) is 99.7 Å². The van der Waals surface area contributed by atoms with Gasteiger partial charge in [0.2, 0.25) is 0 Å². The molecule has 0 atom stereocenters. The fourth-order valence-electron chi connectivity index (χ4n) is 2.68. The highest BCUT2D eigenvalue weighted by molar-refractivity contribution is 5.74. The van der Waals surface area contributed by atoms with Gasteiger partial charge in [-0.3, -0.25) is 15.1 Å². The number of aromatic nitrogens is 1. The Morgan fingerprint density at radius 3 is 2.38 bits per heavy atom. The van der Waals surface area contributed by atoms with Crippen molar-refractivity contribution in [1.29, 1.82) is 0 Å². The van der Waals surface area contributed by atoms with E-state index in [9.17, 15) is 20.3 Å². The first-order valence-electron chi connectivity index (χ1n) is 7.99. The molecule has 0 aliphatic rings. The summed E-state index contributed by atoms with van der Waals surface area (Å²) in [6.45, 7) is 0.364. The number of para-hydroxylation sites is 2. The van der Waals surface area contributed by atoms with Gasteiger partial charge in [-0.15, -0.1) is 0 Å². The van der Waals surface area contributed by atoms with Gasteiger partial charge in [-0.2, -0.15) is 0 Å². The standard InChI is InChI=1S/C19H17N3O4/c23-18-7-2-1-6-16(18)21(12-10-14-5-3-4-11-20-14)17-13-15(22(25)26)8-9-19(17)24/h1-9,11,13,23-24H,10,12H2. The highest BCUT2D eigenvalue weighted by Crippen LogP contribution is 2.39. The second-order valence-electron chi connectivity index (χ2n) is 5.64. The maximum atomic E-state index is 11.1. The van der Waals surface area contributed by atoms with Crippen molar-refractivity contribution >= 4 is 17.1 Å². The zero-order valence-corrected chi connectivity index (χ0v) is 13.8. The Morgan fingerprint density at radius 2 is 1.69 bits per heavy atom. The van der Waals surface area contributed by atoms with Gasteiger partial charge in [0.1, 0.15) is 11.5 Å². The molecular weight excluding hydrogens is 334 g/mol. The van der Waals surface area contributed by atoms with Crippen LogP contribution in [-0.2, 0) is 6.42 Å². The molecular formula is C19H17N3O4. The monoisotopic (exact) mass is 351 g/mol. The van der Waals surface area contributed by atoms with E-state index in [1.807, 2.05) is 18.2 Å². The molecule has 0 saturated heterocycles. The number of nitro benzene ring substituents is 1. The number of nitrogens with zero attached hydrogens (tertiary/aromatic N) is 3. The first-order chi connectivity index (χ1) is 12.6. The van der Waals surface area contributed by atoms with Gasteiger partial charge in [-0.1, -0.05) is 18.2 Å². The average molecular weight is 351 g/mol. The summed E-state index contributed by atoms with van der Waals surface area (Å²) in [5.41, 5.74) is 1.38. The molecule has 0 saturated carbocycles. The second kappa shape index (κ2) is 7.52. The first-order valence-corrected chi connectivity index (χ1v) is 7.99. The van der Waals surface area contributed by atoms with Gasteiger partial charge in [0.15, 0.2) is 0 Å². The quantitative estimate of drug-likeness (QED) is 0.518. The number of phenols is 2. The van der Waals surface area contributed by atoms with Gasteiger partial charge in [0, 0.05) is 37.0 Å². The summed E-state index contributed by atoms with van der Waals surface area (Å²) in [6, 6.07) is 16.0. The number of rotatable bonds is 6. The van der Waals surface area contributed by atoms with E-state index in [1.165, 1.54) is 24.3 Å². The summed E-state index contributed by atoms with van der Waals surface area (Å²) >= 11 is 0. The minimum Gasteiger partial charge on any atom is -0.506 e. The number of aromatic hydroxyl groups is 2. The van der Waals surface area contributed by atoms with Gasteiger partial charge in [-0.25, -0.2) is 0 Å². The summed E-state index contributed by atoms with van der Waals surface area (Å²) in [5, 5.41) is 31.6. The van der Waals surface area contributed by atoms with Crippen LogP contribution in [0.4, 0.5) is 17.1 Å².